The molecule has 0 unspecified atom stereocenters. The minimum atomic E-state index is -0.369. The average Bonchev–Trinajstić information content (AvgIpc) is 3.33. The van der Waals surface area contributed by atoms with Crippen molar-refractivity contribution in [2.45, 2.75) is 6.42 Å². The maximum atomic E-state index is 12.6. The molecule has 0 saturated heterocycles. The number of thiophene rings is 1. The Hall–Kier alpha value is -2.64. The molecule has 0 spiro atoms. The third-order valence-electron chi connectivity index (χ3n) is 3.64. The van der Waals surface area contributed by atoms with Crippen LogP contribution in [0.25, 0.3) is 6.08 Å². The van der Waals surface area contributed by atoms with Crippen LogP contribution in [-0.2, 0) is 11.2 Å². The SMILES string of the molecule is O=C(NCCc1ccc(Br)s1)/C(=C/c1ccco1)NC(=O)c1ccccc1. The van der Waals surface area contributed by atoms with Gasteiger partial charge >= 0.3 is 0 Å². The van der Waals surface area contributed by atoms with E-state index in [-0.39, 0.29) is 17.5 Å². The molecule has 0 fully saturated rings. The monoisotopic (exact) mass is 444 g/mol. The maximum Gasteiger partial charge on any atom is 0.267 e. The van der Waals surface area contributed by atoms with Crippen molar-refractivity contribution in [1.29, 1.82) is 0 Å². The number of carbonyl (C=O) groups excluding carboxylic acids is 2. The van der Waals surface area contributed by atoms with Crippen molar-refractivity contribution in [1.82, 2.24) is 10.6 Å². The summed E-state index contributed by atoms with van der Waals surface area (Å²) in [5.41, 5.74) is 0.602. The number of amides is 2. The Bertz CT molecular complexity index is 933. The molecule has 27 heavy (non-hydrogen) atoms. The van der Waals surface area contributed by atoms with E-state index in [0.717, 1.165) is 8.66 Å². The first kappa shape index (κ1) is 19.1. The molecule has 2 aromatic heterocycles. The van der Waals surface area contributed by atoms with Gasteiger partial charge in [0, 0.05) is 23.1 Å². The molecule has 0 aliphatic carbocycles. The number of hydrogen-bond donors (Lipinski definition) is 2. The number of rotatable bonds is 7. The summed E-state index contributed by atoms with van der Waals surface area (Å²) in [6, 6.07) is 16.2. The number of furan rings is 1. The van der Waals surface area contributed by atoms with E-state index in [0.29, 0.717) is 24.3 Å². The number of carbonyl (C=O) groups is 2. The van der Waals surface area contributed by atoms with Crippen molar-refractivity contribution >= 4 is 45.2 Å². The highest BCUT2D eigenvalue weighted by Gasteiger charge is 2.15. The lowest BCUT2D eigenvalue weighted by Gasteiger charge is -2.10. The third kappa shape index (κ3) is 5.67. The highest BCUT2D eigenvalue weighted by molar-refractivity contribution is 9.11. The minimum absolute atomic E-state index is 0.131. The van der Waals surface area contributed by atoms with Crippen LogP contribution in [0.1, 0.15) is 21.0 Å². The van der Waals surface area contributed by atoms with Gasteiger partial charge in [0.25, 0.3) is 11.8 Å². The van der Waals surface area contributed by atoms with Crippen LogP contribution >= 0.6 is 27.3 Å². The first-order valence-electron chi connectivity index (χ1n) is 8.26. The summed E-state index contributed by atoms with van der Waals surface area (Å²) in [5, 5.41) is 5.51. The van der Waals surface area contributed by atoms with E-state index in [2.05, 4.69) is 26.6 Å². The Morgan fingerprint density at radius 3 is 2.56 bits per heavy atom. The summed E-state index contributed by atoms with van der Waals surface area (Å²) in [7, 11) is 0. The molecule has 3 rings (SSSR count). The maximum absolute atomic E-state index is 12.6. The fraction of sp³-hybridized carbons (Fsp3) is 0.100. The zero-order valence-corrected chi connectivity index (χ0v) is 16.7. The molecule has 1 aromatic carbocycles. The lowest BCUT2D eigenvalue weighted by Crippen LogP contribution is -2.35. The number of benzene rings is 1. The summed E-state index contributed by atoms with van der Waals surface area (Å²) in [4.78, 5) is 26.2. The molecule has 0 aliphatic heterocycles. The Morgan fingerprint density at radius 2 is 1.89 bits per heavy atom. The molecule has 2 heterocycles. The smallest absolute Gasteiger partial charge is 0.267 e. The van der Waals surface area contributed by atoms with Gasteiger partial charge in [-0.3, -0.25) is 9.59 Å². The molecule has 138 valence electrons. The van der Waals surface area contributed by atoms with Crippen LogP contribution in [0.4, 0.5) is 0 Å². The molecular formula is C20H17BrN2O3S. The van der Waals surface area contributed by atoms with Crippen molar-refractivity contribution in [2.24, 2.45) is 0 Å². The second-order valence-electron chi connectivity index (χ2n) is 5.61. The highest BCUT2D eigenvalue weighted by atomic mass is 79.9. The molecule has 0 aliphatic rings. The quantitative estimate of drug-likeness (QED) is 0.535. The van der Waals surface area contributed by atoms with Crippen LogP contribution in [0, 0.1) is 0 Å². The molecule has 0 atom stereocenters. The predicted octanol–water partition coefficient (Wildman–Crippen LogP) is 4.23. The summed E-state index contributed by atoms with van der Waals surface area (Å²) >= 11 is 5.05. The molecule has 3 aromatic rings. The van der Waals surface area contributed by atoms with Gasteiger partial charge in [-0.15, -0.1) is 11.3 Å². The normalized spacial score (nSPS) is 11.2. The third-order valence-corrected chi connectivity index (χ3v) is 5.33. The Kier molecular flexibility index (Phi) is 6.62. The zero-order chi connectivity index (χ0) is 19.1. The van der Waals surface area contributed by atoms with E-state index in [4.69, 9.17) is 4.42 Å². The van der Waals surface area contributed by atoms with Crippen molar-refractivity contribution in [3.8, 4) is 0 Å². The largest absolute Gasteiger partial charge is 0.465 e. The molecular weight excluding hydrogens is 428 g/mol. The van der Waals surface area contributed by atoms with Gasteiger partial charge in [0.2, 0.25) is 0 Å². The van der Waals surface area contributed by atoms with Gasteiger partial charge in [-0.25, -0.2) is 0 Å². The fourth-order valence-corrected chi connectivity index (χ4v) is 3.82. The molecule has 5 nitrogen and oxygen atoms in total. The molecule has 0 bridgehead atoms. The van der Waals surface area contributed by atoms with Crippen LogP contribution < -0.4 is 10.6 Å². The number of halogens is 1. The van der Waals surface area contributed by atoms with E-state index < -0.39 is 0 Å². The van der Waals surface area contributed by atoms with E-state index >= 15 is 0 Å². The van der Waals surface area contributed by atoms with Crippen LogP contribution in [0.5, 0.6) is 0 Å². The second-order valence-corrected chi connectivity index (χ2v) is 8.15. The number of nitrogens with one attached hydrogen (secondary N) is 2. The molecule has 2 N–H and O–H groups in total. The van der Waals surface area contributed by atoms with Crippen LogP contribution in [0.15, 0.2) is 74.8 Å². The summed E-state index contributed by atoms with van der Waals surface area (Å²) in [6.45, 7) is 0.461. The Balaban J connectivity index is 1.67. The van der Waals surface area contributed by atoms with E-state index in [1.165, 1.54) is 12.3 Å². The minimum Gasteiger partial charge on any atom is -0.465 e. The average molecular weight is 445 g/mol. The van der Waals surface area contributed by atoms with Crippen molar-refractivity contribution in [3.63, 3.8) is 0 Å². The first-order valence-corrected chi connectivity index (χ1v) is 9.87. The molecule has 2 amide bonds. The van der Waals surface area contributed by atoms with Gasteiger partial charge in [-0.1, -0.05) is 18.2 Å². The van der Waals surface area contributed by atoms with Gasteiger partial charge in [-0.2, -0.15) is 0 Å². The molecule has 0 saturated carbocycles. The molecule has 7 heteroatoms. The second kappa shape index (κ2) is 9.34. The molecule has 0 radical (unpaired) electrons. The first-order chi connectivity index (χ1) is 13.1. The lowest BCUT2D eigenvalue weighted by atomic mass is 10.2. The topological polar surface area (TPSA) is 71.3 Å². The van der Waals surface area contributed by atoms with Crippen LogP contribution in [0.3, 0.4) is 0 Å². The van der Waals surface area contributed by atoms with E-state index in [1.54, 1.807) is 47.7 Å². The van der Waals surface area contributed by atoms with Gasteiger partial charge < -0.3 is 15.1 Å². The summed E-state index contributed by atoms with van der Waals surface area (Å²) in [6.07, 6.45) is 3.73. The van der Waals surface area contributed by atoms with Gasteiger partial charge in [0.1, 0.15) is 11.5 Å². The number of hydrogen-bond acceptors (Lipinski definition) is 4. The van der Waals surface area contributed by atoms with Crippen molar-refractivity contribution in [3.05, 3.63) is 86.5 Å². The van der Waals surface area contributed by atoms with E-state index in [1.807, 2.05) is 18.2 Å². The zero-order valence-electron chi connectivity index (χ0n) is 14.3. The van der Waals surface area contributed by atoms with Gasteiger partial charge in [0.05, 0.1) is 10.0 Å². The van der Waals surface area contributed by atoms with Crippen LogP contribution in [0.2, 0.25) is 0 Å². The summed E-state index contributed by atoms with van der Waals surface area (Å²) in [5.74, 6) is -0.243. The van der Waals surface area contributed by atoms with Gasteiger partial charge in [-0.05, 0) is 58.7 Å². The Morgan fingerprint density at radius 1 is 1.07 bits per heavy atom. The Labute approximate surface area is 169 Å². The standard InChI is InChI=1S/C20H17BrN2O3S/c21-18-9-8-16(27-18)10-11-22-20(25)17(13-15-7-4-12-26-15)23-19(24)14-5-2-1-3-6-14/h1-9,12-13H,10-11H2,(H,22,25)(H,23,24)/b17-13-. The highest BCUT2D eigenvalue weighted by Crippen LogP contribution is 2.22. The lowest BCUT2D eigenvalue weighted by molar-refractivity contribution is -0.117. The van der Waals surface area contributed by atoms with Crippen LogP contribution in [-0.4, -0.2) is 18.4 Å². The van der Waals surface area contributed by atoms with Gasteiger partial charge in [0.15, 0.2) is 0 Å². The van der Waals surface area contributed by atoms with E-state index in [9.17, 15) is 9.59 Å². The predicted molar refractivity (Wildman–Crippen MR) is 109 cm³/mol. The summed E-state index contributed by atoms with van der Waals surface area (Å²) < 4.78 is 6.32. The fourth-order valence-electron chi connectivity index (χ4n) is 2.34. The van der Waals surface area contributed by atoms with Crippen molar-refractivity contribution in [2.75, 3.05) is 6.54 Å². The van der Waals surface area contributed by atoms with Crippen molar-refractivity contribution < 1.29 is 14.0 Å².